The molecule has 0 saturated heterocycles. The van der Waals surface area contributed by atoms with E-state index in [0.29, 0.717) is 0 Å². The average molecular weight is 996 g/mol. The van der Waals surface area contributed by atoms with Gasteiger partial charge in [0.05, 0.1) is 0 Å². The van der Waals surface area contributed by atoms with E-state index in [2.05, 4.69) is 286 Å². The average Bonchev–Trinajstić information content (AvgIpc) is 3.93. The number of para-hydroxylation sites is 5. The van der Waals surface area contributed by atoms with Gasteiger partial charge in [0, 0.05) is 17.1 Å². The number of fused-ring (bicyclic) bond motifs is 7. The van der Waals surface area contributed by atoms with Crippen LogP contribution in [0.3, 0.4) is 0 Å². The van der Waals surface area contributed by atoms with Gasteiger partial charge in [0.2, 0.25) is 0 Å². The van der Waals surface area contributed by atoms with Gasteiger partial charge < -0.3 is 4.90 Å². The van der Waals surface area contributed by atoms with Gasteiger partial charge in [-0.2, -0.15) is 0 Å². The Labute approximate surface area is 411 Å². The zero-order chi connectivity index (χ0) is 45.7. The quantitative estimate of drug-likeness (QED) is 0.127. The summed E-state index contributed by atoms with van der Waals surface area (Å²) >= 11 is -0.418. The molecule has 4 nitrogen and oxygen atoms in total. The Balaban J connectivity index is 0.877. The zero-order valence-electron chi connectivity index (χ0n) is 37.6. The van der Waals surface area contributed by atoms with Crippen LogP contribution in [-0.2, 0) is 0 Å². The smallest absolute Gasteiger partial charge is 0.0616 e. The van der Waals surface area contributed by atoms with Crippen molar-refractivity contribution in [3.8, 4) is 11.4 Å². The number of halogens is 1. The molecule has 0 bridgehead atoms. The molecule has 13 aromatic rings. The minimum absolute atomic E-state index is 0.418. The van der Waals surface area contributed by atoms with Crippen LogP contribution in [0.25, 0.3) is 65.8 Å². The van der Waals surface area contributed by atoms with Crippen molar-refractivity contribution in [2.75, 3.05) is 9.80 Å². The molecule has 0 spiro atoms. The second kappa shape index (κ2) is 17.4. The minimum atomic E-state index is -0.418. The van der Waals surface area contributed by atoms with Crippen LogP contribution in [0.1, 0.15) is 0 Å². The summed E-state index contributed by atoms with van der Waals surface area (Å²) < 4.78 is 7.62. The van der Waals surface area contributed by atoms with E-state index < -0.39 is 21.2 Å². The molecule has 0 fully saturated rings. The Morgan fingerprint density at radius 2 is 0.696 bits per heavy atom. The van der Waals surface area contributed by atoms with E-state index in [0.717, 1.165) is 39.8 Å². The molecule has 0 aliphatic heterocycles. The van der Waals surface area contributed by atoms with Crippen molar-refractivity contribution in [3.05, 3.63) is 274 Å². The van der Waals surface area contributed by atoms with Crippen LogP contribution in [0.4, 0.5) is 34.1 Å². The summed E-state index contributed by atoms with van der Waals surface area (Å²) in [5.74, 6) is 0. The van der Waals surface area contributed by atoms with Crippen LogP contribution in [0.15, 0.2) is 267 Å². The van der Waals surface area contributed by atoms with Gasteiger partial charge in [-0.1, -0.05) is 72.8 Å². The minimum Gasteiger partial charge on any atom is -0.0616 e. The second-order valence-corrected chi connectivity index (χ2v) is 20.4. The molecule has 0 unspecified atom stereocenters. The van der Waals surface area contributed by atoms with Crippen molar-refractivity contribution in [2.45, 2.75) is 0 Å². The summed E-state index contributed by atoms with van der Waals surface area (Å²) in [7, 11) is 0. The van der Waals surface area contributed by atoms with E-state index in [9.17, 15) is 0 Å². The normalized spacial score (nSPS) is 11.6. The maximum absolute atomic E-state index is 2.43. The van der Waals surface area contributed by atoms with E-state index in [1.165, 1.54) is 67.2 Å². The summed E-state index contributed by atoms with van der Waals surface area (Å²) in [5.41, 5.74) is 13.8. The van der Waals surface area contributed by atoms with Crippen molar-refractivity contribution in [1.82, 2.24) is 9.13 Å². The fourth-order valence-corrected chi connectivity index (χ4v) is 12.5. The zero-order valence-corrected chi connectivity index (χ0v) is 39.7. The molecule has 11 aromatic carbocycles. The first kappa shape index (κ1) is 40.8. The fraction of sp³-hybridized carbons (Fsp3) is 0. The summed E-state index contributed by atoms with van der Waals surface area (Å²) in [5, 5.41) is 7.44. The molecule has 0 saturated carbocycles. The standard InChI is InChI=1S/C64H44IN4/c1-4-19-48(20-5-1)66(49-21-6-2-7-22-49)51-36-38-52(39-37-51)67(60-30-16-18-45-17-10-11-25-55(45)60)54-40-42-64-59(44-54)57-27-13-15-29-62(57)69(64)53-34-31-46(32-35-53)65-47-33-41-63-58(43-47)56-26-12-14-28-61(56)68(63)50-23-8-3-9-24-50/h1-44H/q-1. The summed E-state index contributed by atoms with van der Waals surface area (Å²) in [6.07, 6.45) is 0. The molecular weight excluding hydrogens is 952 g/mol. The molecule has 13 rings (SSSR count). The van der Waals surface area contributed by atoms with Crippen molar-refractivity contribution >= 4 is 88.5 Å². The van der Waals surface area contributed by atoms with Gasteiger partial charge in [-0.05, 0) is 41.8 Å². The molecule has 0 aliphatic carbocycles. The summed E-state index contributed by atoms with van der Waals surface area (Å²) in [4.78, 5) is 4.73. The van der Waals surface area contributed by atoms with Crippen LogP contribution >= 0.6 is 0 Å². The number of benzene rings is 11. The molecule has 328 valence electrons. The van der Waals surface area contributed by atoms with Gasteiger partial charge in [-0.25, -0.2) is 0 Å². The Morgan fingerprint density at radius 1 is 0.261 bits per heavy atom. The molecule has 5 heteroatoms. The van der Waals surface area contributed by atoms with Gasteiger partial charge >= 0.3 is 278 Å². The Hall–Kier alpha value is -8.39. The number of rotatable bonds is 10. The van der Waals surface area contributed by atoms with Crippen molar-refractivity contribution < 1.29 is 21.2 Å². The summed E-state index contributed by atoms with van der Waals surface area (Å²) in [6, 6.07) is 97.2. The van der Waals surface area contributed by atoms with Gasteiger partial charge in [-0.15, -0.1) is 0 Å². The van der Waals surface area contributed by atoms with Crippen molar-refractivity contribution in [1.29, 1.82) is 0 Å². The van der Waals surface area contributed by atoms with Crippen LogP contribution in [0, 0.1) is 7.14 Å². The summed E-state index contributed by atoms with van der Waals surface area (Å²) in [6.45, 7) is 0. The maximum atomic E-state index is 2.43. The van der Waals surface area contributed by atoms with E-state index in [4.69, 9.17) is 0 Å². The van der Waals surface area contributed by atoms with Crippen LogP contribution in [0.5, 0.6) is 0 Å². The third kappa shape index (κ3) is 7.30. The molecule has 0 amide bonds. The third-order valence-corrected chi connectivity index (χ3v) is 15.9. The number of hydrogen-bond donors (Lipinski definition) is 0. The fourth-order valence-electron chi connectivity index (χ4n) is 10.2. The number of hydrogen-bond acceptors (Lipinski definition) is 2. The van der Waals surface area contributed by atoms with Crippen molar-refractivity contribution in [3.63, 3.8) is 0 Å². The molecule has 0 N–H and O–H groups in total. The number of anilines is 6. The number of nitrogens with zero attached hydrogens (tertiary/aromatic N) is 4. The predicted octanol–water partition coefficient (Wildman–Crippen LogP) is 14.1. The molecule has 0 atom stereocenters. The molecule has 69 heavy (non-hydrogen) atoms. The van der Waals surface area contributed by atoms with Crippen LogP contribution < -0.4 is 31.0 Å². The first-order chi connectivity index (χ1) is 34.2. The van der Waals surface area contributed by atoms with E-state index in [-0.39, 0.29) is 0 Å². The Morgan fingerprint density at radius 3 is 1.33 bits per heavy atom. The molecule has 2 heterocycles. The number of aromatic nitrogens is 2. The van der Waals surface area contributed by atoms with E-state index in [1.54, 1.807) is 0 Å². The molecule has 0 radical (unpaired) electrons. The van der Waals surface area contributed by atoms with Crippen molar-refractivity contribution in [2.24, 2.45) is 0 Å². The van der Waals surface area contributed by atoms with Gasteiger partial charge in [0.1, 0.15) is 0 Å². The van der Waals surface area contributed by atoms with E-state index in [1.807, 2.05) is 0 Å². The third-order valence-electron chi connectivity index (χ3n) is 13.3. The topological polar surface area (TPSA) is 16.3 Å². The monoisotopic (exact) mass is 995 g/mol. The van der Waals surface area contributed by atoms with Crippen LogP contribution in [-0.4, -0.2) is 9.13 Å². The van der Waals surface area contributed by atoms with E-state index >= 15 is 0 Å². The molecule has 0 aliphatic rings. The molecular formula is C64H44IN4-. The Kier molecular flexibility index (Phi) is 10.3. The first-order valence-electron chi connectivity index (χ1n) is 23.4. The second-order valence-electron chi connectivity index (χ2n) is 17.3. The first-order valence-corrected chi connectivity index (χ1v) is 25.5. The predicted molar refractivity (Wildman–Crippen MR) is 286 cm³/mol. The van der Waals surface area contributed by atoms with Gasteiger partial charge in [0.25, 0.3) is 0 Å². The van der Waals surface area contributed by atoms with Gasteiger partial charge in [-0.3, -0.25) is 0 Å². The molecule has 2 aromatic heterocycles. The Bertz CT molecular complexity index is 3930. The SMILES string of the molecule is c1ccc(N(c2ccccc2)c2ccc(N(c3ccc4c(c3)c3ccccc3n4-c3ccc([I-]c4ccc5c(c4)c4ccccc4n5-c4ccccc4)cc3)c3cccc4ccccc34)cc2)cc1. The van der Waals surface area contributed by atoms with Crippen LogP contribution in [0.2, 0.25) is 0 Å². The van der Waals surface area contributed by atoms with Gasteiger partial charge in [0.15, 0.2) is 0 Å².